The molecule has 0 unspecified atom stereocenters. The van der Waals surface area contributed by atoms with Crippen LogP contribution < -0.4 is 20.1 Å². The maximum Gasteiger partial charge on any atom is 0.246 e. The maximum absolute atomic E-state index is 13.4. The number of nitrogens with zero attached hydrogens (tertiary/aromatic N) is 5. The van der Waals surface area contributed by atoms with Crippen molar-refractivity contribution in [3.63, 3.8) is 0 Å². The van der Waals surface area contributed by atoms with Gasteiger partial charge in [-0.1, -0.05) is 6.07 Å². The summed E-state index contributed by atoms with van der Waals surface area (Å²) in [5.74, 6) is 0.707. The topological polar surface area (TPSA) is 136 Å². The first-order valence-electron chi connectivity index (χ1n) is 13.1. The molecule has 0 bridgehead atoms. The molecule has 4 rings (SSSR count). The van der Waals surface area contributed by atoms with Gasteiger partial charge in [-0.2, -0.15) is 5.10 Å². The third-order valence-corrected chi connectivity index (χ3v) is 6.07. The Hall–Kier alpha value is -4.33. The van der Waals surface area contributed by atoms with Crippen LogP contribution >= 0.6 is 0 Å². The molecule has 0 spiro atoms. The van der Waals surface area contributed by atoms with E-state index in [1.54, 1.807) is 44.9 Å². The number of aliphatic hydroxyl groups is 1. The summed E-state index contributed by atoms with van der Waals surface area (Å²) in [6.07, 6.45) is 5.63. The summed E-state index contributed by atoms with van der Waals surface area (Å²) in [5, 5.41) is 20.0. The Labute approximate surface area is 237 Å². The summed E-state index contributed by atoms with van der Waals surface area (Å²) in [5.41, 5.74) is 1.62. The fourth-order valence-electron chi connectivity index (χ4n) is 4.10. The van der Waals surface area contributed by atoms with Gasteiger partial charge >= 0.3 is 0 Å². The van der Waals surface area contributed by atoms with Gasteiger partial charge < -0.3 is 30.0 Å². The van der Waals surface area contributed by atoms with Crippen molar-refractivity contribution >= 4 is 34.1 Å². The van der Waals surface area contributed by atoms with Crippen molar-refractivity contribution in [3.05, 3.63) is 60.8 Å². The first-order valence-corrected chi connectivity index (χ1v) is 13.1. The lowest BCUT2D eigenvalue weighted by Crippen LogP contribution is -2.32. The van der Waals surface area contributed by atoms with Crippen LogP contribution in [0.5, 0.6) is 11.5 Å². The quantitative estimate of drug-likeness (QED) is 0.173. The Bertz CT molecular complexity index is 1430. The van der Waals surface area contributed by atoms with E-state index in [1.165, 1.54) is 22.9 Å². The van der Waals surface area contributed by atoms with Crippen LogP contribution in [-0.4, -0.2) is 89.3 Å². The smallest absolute Gasteiger partial charge is 0.246 e. The fourth-order valence-corrected chi connectivity index (χ4v) is 4.10. The minimum absolute atomic E-state index is 0.0542. The van der Waals surface area contributed by atoms with Crippen LogP contribution in [0.4, 0.5) is 21.7 Å². The molecule has 12 nitrogen and oxygen atoms in total. The van der Waals surface area contributed by atoms with Gasteiger partial charge in [-0.15, -0.1) is 0 Å². The minimum Gasteiger partial charge on any atom is -0.493 e. The fraction of sp³-hybridized carbons (Fsp3) is 0.357. The number of ether oxygens (including phenoxy) is 3. The molecule has 2 aromatic heterocycles. The van der Waals surface area contributed by atoms with Crippen molar-refractivity contribution in [1.29, 1.82) is 0 Å². The lowest BCUT2D eigenvalue weighted by Gasteiger charge is -2.21. The lowest BCUT2D eigenvalue weighted by molar-refractivity contribution is -0.116. The molecular weight excluding hydrogens is 533 g/mol. The molecule has 0 aliphatic carbocycles. The van der Waals surface area contributed by atoms with Crippen LogP contribution in [0, 0.1) is 5.82 Å². The van der Waals surface area contributed by atoms with Crippen molar-refractivity contribution in [3.8, 4) is 11.5 Å². The van der Waals surface area contributed by atoms with E-state index < -0.39 is 5.82 Å². The minimum atomic E-state index is -0.430. The van der Waals surface area contributed by atoms with Gasteiger partial charge in [-0.3, -0.25) is 14.4 Å². The van der Waals surface area contributed by atoms with Crippen LogP contribution in [0.15, 0.2) is 55.0 Å². The summed E-state index contributed by atoms with van der Waals surface area (Å²) in [7, 11) is 3.23. The number of halogens is 1. The number of rotatable bonds is 16. The molecule has 2 heterocycles. The number of anilines is 3. The second-order valence-electron chi connectivity index (χ2n) is 9.13. The molecule has 0 atom stereocenters. The van der Waals surface area contributed by atoms with Crippen LogP contribution in [0.25, 0.3) is 10.9 Å². The molecule has 218 valence electrons. The van der Waals surface area contributed by atoms with E-state index in [0.717, 1.165) is 24.9 Å². The van der Waals surface area contributed by atoms with Gasteiger partial charge in [0.2, 0.25) is 11.9 Å². The van der Waals surface area contributed by atoms with Crippen molar-refractivity contribution in [2.45, 2.75) is 13.0 Å². The van der Waals surface area contributed by atoms with Crippen molar-refractivity contribution in [1.82, 2.24) is 24.6 Å². The monoisotopic (exact) mass is 567 g/mol. The number of aromatic nitrogens is 4. The zero-order valence-corrected chi connectivity index (χ0v) is 23.0. The molecule has 13 heteroatoms. The average molecular weight is 568 g/mol. The standard InChI is InChI=1S/C28H34FN7O5/c1-39-12-9-35(8-10-37)7-4-11-41-26-15-24-20(13-25(26)40-2)16-30-28(34-24)33-23-17-31-36(18-23)19-27(38)32-22-6-3-5-21(29)14-22/h3,5-6,13-18,37H,4,7-12,19H2,1-2H3,(H,32,38)(H,30,33,34). The largest absolute Gasteiger partial charge is 0.493 e. The van der Waals surface area contributed by atoms with Crippen molar-refractivity contribution < 1.29 is 28.5 Å². The van der Waals surface area contributed by atoms with Gasteiger partial charge in [0, 0.05) is 56.3 Å². The number of amides is 1. The zero-order chi connectivity index (χ0) is 29.0. The molecule has 0 radical (unpaired) electrons. The normalized spacial score (nSPS) is 11.1. The summed E-state index contributed by atoms with van der Waals surface area (Å²) in [6, 6.07) is 9.30. The number of methoxy groups -OCH3 is 2. The van der Waals surface area contributed by atoms with Crippen LogP contribution in [0.3, 0.4) is 0 Å². The second kappa shape index (κ2) is 14.9. The Morgan fingerprint density at radius 1 is 1.07 bits per heavy atom. The lowest BCUT2D eigenvalue weighted by atomic mass is 10.2. The van der Waals surface area contributed by atoms with Crippen LogP contribution in [0.2, 0.25) is 0 Å². The van der Waals surface area contributed by atoms with Gasteiger partial charge in [0.15, 0.2) is 11.5 Å². The number of carbonyl (C=O) groups excluding carboxylic acids is 1. The predicted molar refractivity (Wildman–Crippen MR) is 152 cm³/mol. The molecule has 0 fully saturated rings. The highest BCUT2D eigenvalue weighted by Gasteiger charge is 2.12. The van der Waals surface area contributed by atoms with E-state index in [9.17, 15) is 14.3 Å². The Kier molecular flexibility index (Phi) is 10.8. The Morgan fingerprint density at radius 2 is 1.95 bits per heavy atom. The first kappa shape index (κ1) is 29.6. The van der Waals surface area contributed by atoms with Crippen molar-refractivity contribution in [2.75, 3.05) is 64.3 Å². The molecule has 0 aliphatic rings. The number of benzene rings is 2. The number of hydrogen-bond acceptors (Lipinski definition) is 10. The molecule has 1 amide bonds. The average Bonchev–Trinajstić information content (AvgIpc) is 3.39. The predicted octanol–water partition coefficient (Wildman–Crippen LogP) is 3.07. The molecule has 41 heavy (non-hydrogen) atoms. The second-order valence-corrected chi connectivity index (χ2v) is 9.13. The molecule has 4 aromatic rings. The van der Waals surface area contributed by atoms with Gasteiger partial charge in [0.05, 0.1) is 44.3 Å². The van der Waals surface area contributed by atoms with Crippen molar-refractivity contribution in [2.24, 2.45) is 0 Å². The number of hydrogen-bond donors (Lipinski definition) is 3. The highest BCUT2D eigenvalue weighted by atomic mass is 19.1. The highest BCUT2D eigenvalue weighted by Crippen LogP contribution is 2.32. The molecule has 2 aromatic carbocycles. The first-order chi connectivity index (χ1) is 20.0. The molecule has 0 aliphatic heterocycles. The third kappa shape index (κ3) is 8.83. The molecular formula is C28H34FN7O5. The SMILES string of the molecule is COCCN(CCO)CCCOc1cc2nc(Nc3cnn(CC(=O)Nc4cccc(F)c4)c3)ncc2cc1OC. The van der Waals surface area contributed by atoms with Gasteiger partial charge in [-0.05, 0) is 30.7 Å². The van der Waals surface area contributed by atoms with E-state index in [4.69, 9.17) is 14.2 Å². The van der Waals surface area contributed by atoms with E-state index in [1.807, 2.05) is 6.07 Å². The van der Waals surface area contributed by atoms with E-state index in [2.05, 4.69) is 30.6 Å². The number of aliphatic hydroxyl groups excluding tert-OH is 1. The highest BCUT2D eigenvalue weighted by molar-refractivity contribution is 5.90. The number of carbonyl (C=O) groups is 1. The van der Waals surface area contributed by atoms with E-state index in [-0.39, 0.29) is 19.1 Å². The maximum atomic E-state index is 13.4. The van der Waals surface area contributed by atoms with E-state index in [0.29, 0.717) is 54.1 Å². The Morgan fingerprint density at radius 3 is 2.73 bits per heavy atom. The number of nitrogens with one attached hydrogen (secondary N) is 2. The summed E-state index contributed by atoms with van der Waals surface area (Å²) >= 11 is 0. The van der Waals surface area contributed by atoms with E-state index >= 15 is 0 Å². The van der Waals surface area contributed by atoms with Gasteiger partial charge in [0.25, 0.3) is 0 Å². The molecule has 0 saturated heterocycles. The summed E-state index contributed by atoms with van der Waals surface area (Å²) < 4.78 is 31.5. The third-order valence-electron chi connectivity index (χ3n) is 6.07. The summed E-state index contributed by atoms with van der Waals surface area (Å²) in [4.78, 5) is 23.4. The van der Waals surface area contributed by atoms with Crippen LogP contribution in [-0.2, 0) is 16.1 Å². The van der Waals surface area contributed by atoms with Crippen LogP contribution in [0.1, 0.15) is 6.42 Å². The Balaban J connectivity index is 1.36. The number of fused-ring (bicyclic) bond motifs is 1. The summed E-state index contributed by atoms with van der Waals surface area (Å²) in [6.45, 7) is 3.17. The van der Waals surface area contributed by atoms with Gasteiger partial charge in [-0.25, -0.2) is 14.4 Å². The zero-order valence-electron chi connectivity index (χ0n) is 23.0. The van der Waals surface area contributed by atoms with Gasteiger partial charge in [0.1, 0.15) is 12.4 Å². The molecule has 0 saturated carbocycles. The molecule has 3 N–H and O–H groups in total.